The molecule has 0 spiro atoms. The molecule has 0 aliphatic carbocycles. The molecule has 2 atom stereocenters. The molecular weight excluding hydrogens is 352 g/mol. The summed E-state index contributed by atoms with van der Waals surface area (Å²) in [6.07, 6.45) is -0.586. The predicted octanol–water partition coefficient (Wildman–Crippen LogP) is 1.39. The first-order valence-corrected chi connectivity index (χ1v) is 9.96. The van der Waals surface area contributed by atoms with Crippen molar-refractivity contribution in [1.82, 2.24) is 4.31 Å². The number of aliphatic hydroxyl groups is 2. The van der Waals surface area contributed by atoms with E-state index >= 15 is 0 Å². The van der Waals surface area contributed by atoms with Gasteiger partial charge in [0.2, 0.25) is 10.0 Å². The maximum absolute atomic E-state index is 13.0. The van der Waals surface area contributed by atoms with E-state index in [1.165, 1.54) is 10.4 Å². The average molecular weight is 376 g/mol. The van der Waals surface area contributed by atoms with Crippen LogP contribution in [0.15, 0.2) is 53.4 Å². The number of benzene rings is 2. The van der Waals surface area contributed by atoms with Crippen molar-refractivity contribution in [3.63, 3.8) is 0 Å². The van der Waals surface area contributed by atoms with Crippen LogP contribution < -0.4 is 4.90 Å². The number of nitrogens with zero attached hydrogens (tertiary/aromatic N) is 2. The molecule has 140 valence electrons. The second kappa shape index (κ2) is 7.36. The van der Waals surface area contributed by atoms with Gasteiger partial charge >= 0.3 is 0 Å². The summed E-state index contributed by atoms with van der Waals surface area (Å²) in [4.78, 5) is 2.10. The van der Waals surface area contributed by atoms with Crippen LogP contribution in [-0.4, -0.2) is 56.2 Å². The van der Waals surface area contributed by atoms with E-state index in [9.17, 15) is 18.6 Å². The lowest BCUT2D eigenvalue weighted by Gasteiger charge is -2.39. The number of hydrogen-bond donors (Lipinski definition) is 2. The molecular formula is C19H24N2O4S. The first-order valence-electron chi connectivity index (χ1n) is 8.52. The van der Waals surface area contributed by atoms with Crippen molar-refractivity contribution in [1.29, 1.82) is 0 Å². The fraction of sp³-hybridized carbons (Fsp3) is 0.368. The van der Waals surface area contributed by atoms with Crippen LogP contribution in [0.1, 0.15) is 17.2 Å². The van der Waals surface area contributed by atoms with Gasteiger partial charge in [-0.15, -0.1) is 0 Å². The van der Waals surface area contributed by atoms with Crippen molar-refractivity contribution in [3.8, 4) is 0 Å². The van der Waals surface area contributed by atoms with Gasteiger partial charge in [0.15, 0.2) is 0 Å². The summed E-state index contributed by atoms with van der Waals surface area (Å²) >= 11 is 0. The standard InChI is InChI=1S/C19H24N2O4S/c1-20(2)15-9-7-14(8-10-15)13-17-19(23)16-5-3-4-6-18(16)26(24,25)21(17)11-12-22/h3-10,17,19,22-23H,11-13H2,1-2H3. The van der Waals surface area contributed by atoms with Crippen molar-refractivity contribution in [2.45, 2.75) is 23.5 Å². The van der Waals surface area contributed by atoms with Crippen molar-refractivity contribution in [2.75, 3.05) is 32.1 Å². The first-order chi connectivity index (χ1) is 12.4. The molecule has 0 fully saturated rings. The second-order valence-corrected chi connectivity index (χ2v) is 8.51. The highest BCUT2D eigenvalue weighted by atomic mass is 32.2. The highest BCUT2D eigenvalue weighted by Crippen LogP contribution is 2.37. The zero-order valence-corrected chi connectivity index (χ0v) is 15.7. The van der Waals surface area contributed by atoms with Gasteiger partial charge in [0.1, 0.15) is 0 Å². The van der Waals surface area contributed by atoms with Gasteiger partial charge in [-0.3, -0.25) is 0 Å². The van der Waals surface area contributed by atoms with Gasteiger partial charge in [0.05, 0.1) is 23.6 Å². The van der Waals surface area contributed by atoms with Gasteiger partial charge in [0.25, 0.3) is 0 Å². The molecule has 7 heteroatoms. The highest BCUT2D eigenvalue weighted by molar-refractivity contribution is 7.89. The molecule has 0 saturated carbocycles. The smallest absolute Gasteiger partial charge is 0.243 e. The van der Waals surface area contributed by atoms with Gasteiger partial charge in [-0.1, -0.05) is 30.3 Å². The second-order valence-electron chi connectivity index (χ2n) is 6.65. The molecule has 0 saturated heterocycles. The number of hydrogen-bond acceptors (Lipinski definition) is 5. The molecule has 2 N–H and O–H groups in total. The molecule has 1 aliphatic rings. The number of sulfonamides is 1. The average Bonchev–Trinajstić information content (AvgIpc) is 2.63. The Labute approximate surface area is 154 Å². The molecule has 2 unspecified atom stereocenters. The lowest BCUT2D eigenvalue weighted by atomic mass is 9.95. The van der Waals surface area contributed by atoms with E-state index in [1.54, 1.807) is 18.2 Å². The van der Waals surface area contributed by atoms with E-state index in [0.29, 0.717) is 12.0 Å². The minimum absolute atomic E-state index is 0.0474. The third-order valence-electron chi connectivity index (χ3n) is 4.78. The Morgan fingerprint density at radius 2 is 1.73 bits per heavy atom. The van der Waals surface area contributed by atoms with Gasteiger partial charge in [0, 0.05) is 31.9 Å². The Hall–Kier alpha value is -1.93. The van der Waals surface area contributed by atoms with E-state index in [0.717, 1.165) is 11.3 Å². The third-order valence-corrected chi connectivity index (χ3v) is 6.78. The maximum Gasteiger partial charge on any atom is 0.243 e. The predicted molar refractivity (Wildman–Crippen MR) is 101 cm³/mol. The number of rotatable bonds is 5. The van der Waals surface area contributed by atoms with Crippen LogP contribution in [0.5, 0.6) is 0 Å². The zero-order valence-electron chi connectivity index (χ0n) is 14.9. The summed E-state index contributed by atoms with van der Waals surface area (Å²) in [5.74, 6) is 0. The van der Waals surface area contributed by atoms with Gasteiger partial charge in [-0.2, -0.15) is 4.31 Å². The van der Waals surface area contributed by atoms with Gasteiger partial charge in [-0.05, 0) is 30.2 Å². The Bertz CT molecular complexity index is 865. The molecule has 3 rings (SSSR count). The molecule has 26 heavy (non-hydrogen) atoms. The summed E-state index contributed by atoms with van der Waals surface area (Å²) < 4.78 is 27.2. The summed E-state index contributed by atoms with van der Waals surface area (Å²) in [6.45, 7) is -0.349. The Kier molecular flexibility index (Phi) is 5.34. The number of anilines is 1. The third kappa shape index (κ3) is 3.35. The molecule has 0 aromatic heterocycles. The van der Waals surface area contributed by atoms with Crippen LogP contribution >= 0.6 is 0 Å². The van der Waals surface area contributed by atoms with E-state index in [1.807, 2.05) is 43.3 Å². The molecule has 1 heterocycles. The molecule has 6 nitrogen and oxygen atoms in total. The monoisotopic (exact) mass is 376 g/mol. The van der Waals surface area contributed by atoms with Crippen LogP contribution in [0.25, 0.3) is 0 Å². The Morgan fingerprint density at radius 1 is 1.08 bits per heavy atom. The number of fused-ring (bicyclic) bond motifs is 1. The molecule has 2 aromatic carbocycles. The van der Waals surface area contributed by atoms with Crippen LogP contribution in [-0.2, 0) is 16.4 Å². The van der Waals surface area contributed by atoms with Crippen LogP contribution in [0.2, 0.25) is 0 Å². The molecule has 1 aliphatic heterocycles. The molecule has 2 aromatic rings. The van der Waals surface area contributed by atoms with Crippen molar-refractivity contribution >= 4 is 15.7 Å². The molecule has 0 radical (unpaired) electrons. The number of β-amino-alcohol motifs (C(OH)–C–C–N with tert-alkyl or cyclic N) is 1. The van der Waals surface area contributed by atoms with Crippen LogP contribution in [0.3, 0.4) is 0 Å². The summed E-state index contributed by atoms with van der Waals surface area (Å²) in [6, 6.07) is 13.7. The number of aliphatic hydroxyl groups excluding tert-OH is 2. The minimum atomic E-state index is -3.76. The SMILES string of the molecule is CN(C)c1ccc(CC2C(O)c3ccccc3S(=O)(=O)N2CCO)cc1. The van der Waals surface area contributed by atoms with E-state index in [-0.39, 0.29) is 18.0 Å². The van der Waals surface area contributed by atoms with E-state index in [2.05, 4.69) is 0 Å². The van der Waals surface area contributed by atoms with Crippen molar-refractivity contribution < 1.29 is 18.6 Å². The first kappa shape index (κ1) is 18.8. The van der Waals surface area contributed by atoms with Crippen LogP contribution in [0, 0.1) is 0 Å². The fourth-order valence-electron chi connectivity index (χ4n) is 3.40. The van der Waals surface area contributed by atoms with Crippen molar-refractivity contribution in [3.05, 3.63) is 59.7 Å². The summed E-state index contributed by atoms with van der Waals surface area (Å²) in [5.41, 5.74) is 2.39. The van der Waals surface area contributed by atoms with Gasteiger partial charge in [-0.25, -0.2) is 8.42 Å². The normalized spacial score (nSPS) is 22.0. The van der Waals surface area contributed by atoms with Crippen molar-refractivity contribution in [2.24, 2.45) is 0 Å². The zero-order chi connectivity index (χ0) is 18.9. The van der Waals surface area contributed by atoms with Gasteiger partial charge < -0.3 is 15.1 Å². The van der Waals surface area contributed by atoms with E-state index in [4.69, 9.17) is 0 Å². The largest absolute Gasteiger partial charge is 0.395 e. The fourth-order valence-corrected chi connectivity index (χ4v) is 5.26. The van der Waals surface area contributed by atoms with Crippen LogP contribution in [0.4, 0.5) is 5.69 Å². The highest BCUT2D eigenvalue weighted by Gasteiger charge is 2.43. The topological polar surface area (TPSA) is 81.1 Å². The lowest BCUT2D eigenvalue weighted by Crippen LogP contribution is -2.50. The Balaban J connectivity index is 1.98. The van der Waals surface area contributed by atoms with E-state index < -0.39 is 22.2 Å². The quantitative estimate of drug-likeness (QED) is 0.824. The summed E-state index contributed by atoms with van der Waals surface area (Å²) in [7, 11) is 0.138. The minimum Gasteiger partial charge on any atom is -0.395 e. The lowest BCUT2D eigenvalue weighted by molar-refractivity contribution is 0.0725. The Morgan fingerprint density at radius 3 is 2.35 bits per heavy atom. The molecule has 0 bridgehead atoms. The molecule has 0 amide bonds. The maximum atomic E-state index is 13.0. The summed E-state index contributed by atoms with van der Waals surface area (Å²) in [5, 5.41) is 20.2.